The lowest BCUT2D eigenvalue weighted by Crippen LogP contribution is -2.21. The number of nitro benzene ring substituents is 1. The van der Waals surface area contributed by atoms with Gasteiger partial charge in [0.25, 0.3) is 5.56 Å². The predicted molar refractivity (Wildman–Crippen MR) is 178 cm³/mol. The molecule has 0 aliphatic rings. The van der Waals surface area contributed by atoms with Gasteiger partial charge in [0.1, 0.15) is 12.4 Å². The van der Waals surface area contributed by atoms with E-state index in [-0.39, 0.29) is 34.5 Å². The Balaban J connectivity index is 1.61. The highest BCUT2D eigenvalue weighted by Gasteiger charge is 2.22. The highest BCUT2D eigenvalue weighted by atomic mass is 35.5. The van der Waals surface area contributed by atoms with E-state index in [0.29, 0.717) is 34.5 Å². The number of fused-ring (bicyclic) bond motifs is 1. The van der Waals surface area contributed by atoms with Crippen molar-refractivity contribution in [3.05, 3.63) is 126 Å². The van der Waals surface area contributed by atoms with Gasteiger partial charge in [-0.15, -0.1) is 0 Å². The Hall–Kier alpha value is -5.02. The van der Waals surface area contributed by atoms with Gasteiger partial charge in [0.15, 0.2) is 5.82 Å². The van der Waals surface area contributed by atoms with Crippen molar-refractivity contribution in [1.82, 2.24) is 9.66 Å². The molecular formula is C35H33ClN4O5. The fourth-order valence-electron chi connectivity index (χ4n) is 5.11. The molecule has 0 radical (unpaired) electrons. The van der Waals surface area contributed by atoms with Crippen molar-refractivity contribution in [1.29, 1.82) is 0 Å². The van der Waals surface area contributed by atoms with E-state index < -0.39 is 4.92 Å². The average Bonchev–Trinajstić information content (AvgIpc) is 3.00. The third kappa shape index (κ3) is 6.73. The molecule has 1 heterocycles. The van der Waals surface area contributed by atoms with Crippen LogP contribution in [0.5, 0.6) is 11.5 Å². The first kappa shape index (κ1) is 31.4. The van der Waals surface area contributed by atoms with Gasteiger partial charge in [0.05, 0.1) is 33.7 Å². The zero-order chi connectivity index (χ0) is 32.2. The van der Waals surface area contributed by atoms with Gasteiger partial charge in [0.2, 0.25) is 5.75 Å². The summed E-state index contributed by atoms with van der Waals surface area (Å²) in [6.07, 6.45) is 1.36. The van der Waals surface area contributed by atoms with E-state index in [4.69, 9.17) is 26.1 Å². The van der Waals surface area contributed by atoms with Crippen molar-refractivity contribution >= 4 is 34.4 Å². The van der Waals surface area contributed by atoms with Crippen LogP contribution in [0.1, 0.15) is 54.5 Å². The molecule has 230 valence electrons. The first-order chi connectivity index (χ1) is 21.6. The molecule has 0 aliphatic carbocycles. The summed E-state index contributed by atoms with van der Waals surface area (Å²) >= 11 is 6.52. The van der Waals surface area contributed by atoms with Crippen LogP contribution < -0.4 is 15.0 Å². The van der Waals surface area contributed by atoms with Crippen LogP contribution in [0.4, 0.5) is 5.69 Å². The third-order valence-electron chi connectivity index (χ3n) is 7.30. The molecule has 0 amide bonds. The molecular weight excluding hydrogens is 592 g/mol. The van der Waals surface area contributed by atoms with E-state index in [0.717, 1.165) is 28.0 Å². The van der Waals surface area contributed by atoms with E-state index >= 15 is 0 Å². The molecule has 0 bridgehead atoms. The van der Waals surface area contributed by atoms with Crippen LogP contribution in [0.3, 0.4) is 0 Å². The number of ether oxygens (including phenoxy) is 2. The first-order valence-corrected chi connectivity index (χ1v) is 14.9. The molecule has 0 spiro atoms. The van der Waals surface area contributed by atoms with Crippen LogP contribution in [0.25, 0.3) is 22.3 Å². The van der Waals surface area contributed by atoms with Gasteiger partial charge in [-0.05, 0) is 73.7 Å². The molecule has 4 aromatic carbocycles. The lowest BCUT2D eigenvalue weighted by Gasteiger charge is -2.18. The van der Waals surface area contributed by atoms with Gasteiger partial charge in [-0.2, -0.15) is 9.78 Å². The van der Waals surface area contributed by atoms with Gasteiger partial charge in [-0.1, -0.05) is 67.4 Å². The molecule has 9 nitrogen and oxygen atoms in total. The lowest BCUT2D eigenvalue weighted by molar-refractivity contribution is -0.385. The Labute approximate surface area is 265 Å². The molecule has 10 heteroatoms. The summed E-state index contributed by atoms with van der Waals surface area (Å²) in [6, 6.07) is 21.5. The number of nitrogens with zero attached hydrogens (tertiary/aromatic N) is 4. The van der Waals surface area contributed by atoms with Gasteiger partial charge < -0.3 is 9.47 Å². The Kier molecular flexibility index (Phi) is 9.29. The number of benzene rings is 4. The number of nitro groups is 1. The molecule has 0 saturated heterocycles. The number of hydrogen-bond donors (Lipinski definition) is 0. The monoisotopic (exact) mass is 624 g/mol. The fraction of sp³-hybridized carbons (Fsp3) is 0.229. The fourth-order valence-corrected chi connectivity index (χ4v) is 5.39. The minimum atomic E-state index is -0.555. The average molecular weight is 625 g/mol. The Morgan fingerprint density at radius 3 is 2.53 bits per heavy atom. The standard InChI is InChI=1S/C35H33ClN4O5/c1-6-44-32-15-23(5)28(18-27(32)21(2)3)34-38-30-13-8-7-12-26(30)35(41)39(34)37-19-25-16-29(36)33(31(17-25)40(42)43)45-20-24-11-9-10-22(4)14-24/h7-19,21H,6,20H2,1-5H3. The summed E-state index contributed by atoms with van der Waals surface area (Å²) in [5, 5.41) is 17.0. The maximum Gasteiger partial charge on any atom is 0.313 e. The molecule has 0 aliphatic heterocycles. The minimum Gasteiger partial charge on any atom is -0.494 e. The normalized spacial score (nSPS) is 11.4. The predicted octanol–water partition coefficient (Wildman–Crippen LogP) is 8.23. The van der Waals surface area contributed by atoms with Crippen molar-refractivity contribution < 1.29 is 14.4 Å². The van der Waals surface area contributed by atoms with Crippen molar-refractivity contribution in [2.75, 3.05) is 6.61 Å². The van der Waals surface area contributed by atoms with Gasteiger partial charge in [-0.3, -0.25) is 14.9 Å². The quantitative estimate of drug-likeness (QED) is 0.0879. The number of rotatable bonds is 10. The molecule has 0 saturated carbocycles. The van der Waals surface area contributed by atoms with Gasteiger partial charge in [-0.25, -0.2) is 4.98 Å². The summed E-state index contributed by atoms with van der Waals surface area (Å²) in [6.45, 7) is 10.6. The number of aromatic nitrogens is 2. The smallest absolute Gasteiger partial charge is 0.313 e. The van der Waals surface area contributed by atoms with Crippen LogP contribution in [-0.2, 0) is 6.61 Å². The molecule has 1 aromatic heterocycles. The number of aryl methyl sites for hydroxylation is 2. The van der Waals surface area contributed by atoms with Crippen LogP contribution in [0.2, 0.25) is 5.02 Å². The zero-order valence-corrected chi connectivity index (χ0v) is 26.5. The molecule has 5 aromatic rings. The summed E-state index contributed by atoms with van der Waals surface area (Å²) in [7, 11) is 0. The summed E-state index contributed by atoms with van der Waals surface area (Å²) in [5.41, 5.74) is 4.57. The van der Waals surface area contributed by atoms with E-state index in [9.17, 15) is 14.9 Å². The molecule has 5 rings (SSSR count). The van der Waals surface area contributed by atoms with Crippen molar-refractivity contribution in [2.24, 2.45) is 5.10 Å². The van der Waals surface area contributed by atoms with Crippen LogP contribution in [0.15, 0.2) is 82.7 Å². The summed E-state index contributed by atoms with van der Waals surface area (Å²) in [5.74, 6) is 1.20. The maximum absolute atomic E-state index is 13.8. The first-order valence-electron chi connectivity index (χ1n) is 14.6. The van der Waals surface area contributed by atoms with Crippen molar-refractivity contribution in [2.45, 2.75) is 47.1 Å². The SMILES string of the molecule is CCOc1cc(C)c(-c2nc3ccccc3c(=O)n2N=Cc2cc(Cl)c(OCc3cccc(C)c3)c([N+](=O)[O-])c2)cc1C(C)C. The van der Waals surface area contributed by atoms with Crippen molar-refractivity contribution in [3.8, 4) is 22.9 Å². The molecule has 0 atom stereocenters. The maximum atomic E-state index is 13.8. The van der Waals surface area contributed by atoms with Crippen molar-refractivity contribution in [3.63, 3.8) is 0 Å². The van der Waals surface area contributed by atoms with Gasteiger partial charge in [0, 0.05) is 17.2 Å². The van der Waals surface area contributed by atoms with E-state index in [2.05, 4.69) is 18.9 Å². The number of hydrogen-bond acceptors (Lipinski definition) is 7. The minimum absolute atomic E-state index is 0.0446. The van der Waals surface area contributed by atoms with Crippen LogP contribution in [0, 0.1) is 24.0 Å². The molecule has 0 N–H and O–H groups in total. The number of halogens is 1. The second kappa shape index (κ2) is 13.3. The molecule has 45 heavy (non-hydrogen) atoms. The van der Waals surface area contributed by atoms with Crippen LogP contribution in [-0.4, -0.2) is 27.4 Å². The van der Waals surface area contributed by atoms with E-state index in [1.807, 2.05) is 63.2 Å². The van der Waals surface area contributed by atoms with Gasteiger partial charge >= 0.3 is 5.69 Å². The number of para-hydroxylation sites is 1. The second-order valence-electron chi connectivity index (χ2n) is 11.0. The topological polar surface area (TPSA) is 109 Å². The largest absolute Gasteiger partial charge is 0.494 e. The third-order valence-corrected chi connectivity index (χ3v) is 7.59. The van der Waals surface area contributed by atoms with Crippen LogP contribution >= 0.6 is 11.6 Å². The molecule has 0 fully saturated rings. The zero-order valence-electron chi connectivity index (χ0n) is 25.7. The second-order valence-corrected chi connectivity index (χ2v) is 11.4. The Morgan fingerprint density at radius 1 is 1.04 bits per heavy atom. The van der Waals surface area contributed by atoms with E-state index in [1.54, 1.807) is 18.2 Å². The highest BCUT2D eigenvalue weighted by Crippen LogP contribution is 2.37. The summed E-state index contributed by atoms with van der Waals surface area (Å²) < 4.78 is 12.9. The molecule has 0 unspecified atom stereocenters. The lowest BCUT2D eigenvalue weighted by atomic mass is 9.96. The Bertz CT molecular complexity index is 2000. The Morgan fingerprint density at radius 2 is 1.82 bits per heavy atom. The summed E-state index contributed by atoms with van der Waals surface area (Å²) in [4.78, 5) is 30.2. The highest BCUT2D eigenvalue weighted by molar-refractivity contribution is 6.32. The van der Waals surface area contributed by atoms with E-state index in [1.165, 1.54) is 23.0 Å².